The maximum atomic E-state index is 6.05. The van der Waals surface area contributed by atoms with Crippen molar-refractivity contribution >= 4 is 18.3 Å². The molecular formula is C20H26BNO2. The molecule has 0 aliphatic carbocycles. The van der Waals surface area contributed by atoms with Crippen molar-refractivity contribution < 1.29 is 9.31 Å². The summed E-state index contributed by atoms with van der Waals surface area (Å²) in [5, 5.41) is 0. The lowest BCUT2D eigenvalue weighted by atomic mass is 9.79. The van der Waals surface area contributed by atoms with E-state index in [4.69, 9.17) is 9.31 Å². The first-order valence-corrected chi connectivity index (χ1v) is 8.75. The molecule has 0 spiro atoms. The van der Waals surface area contributed by atoms with Gasteiger partial charge in [-0.05, 0) is 49.1 Å². The zero-order valence-electron chi connectivity index (χ0n) is 15.3. The first-order valence-electron chi connectivity index (χ1n) is 8.75. The van der Waals surface area contributed by atoms with E-state index in [2.05, 4.69) is 75.9 Å². The van der Waals surface area contributed by atoms with Gasteiger partial charge < -0.3 is 14.2 Å². The standard InChI is InChI=1S/C20H26BNO2/c1-6-22(7-2)17-11-9-16(10-12-17)21-23-18-13-8-15(20(3,4)5)14-19(18)24-21/h8-14H,6-7H2,1-5H3. The van der Waals surface area contributed by atoms with Crippen LogP contribution in [0.1, 0.15) is 40.2 Å². The predicted octanol–water partition coefficient (Wildman–Crippen LogP) is 4.00. The first-order chi connectivity index (χ1) is 11.4. The normalized spacial score (nSPS) is 13.3. The van der Waals surface area contributed by atoms with Crippen LogP contribution < -0.4 is 19.7 Å². The molecule has 1 heterocycles. The number of hydrogen-bond donors (Lipinski definition) is 0. The number of hydrogen-bond acceptors (Lipinski definition) is 3. The average Bonchev–Trinajstić information content (AvgIpc) is 2.99. The van der Waals surface area contributed by atoms with Gasteiger partial charge in [0.1, 0.15) is 11.5 Å². The lowest BCUT2D eigenvalue weighted by molar-refractivity contribution is 0.518. The average molecular weight is 323 g/mol. The van der Waals surface area contributed by atoms with E-state index in [-0.39, 0.29) is 12.5 Å². The molecule has 0 fully saturated rings. The smallest absolute Gasteiger partial charge is 0.519 e. The molecule has 0 aromatic heterocycles. The van der Waals surface area contributed by atoms with Crippen molar-refractivity contribution in [2.45, 2.75) is 40.0 Å². The Labute approximate surface area is 145 Å². The number of benzene rings is 2. The van der Waals surface area contributed by atoms with Gasteiger partial charge in [-0.1, -0.05) is 39.0 Å². The van der Waals surface area contributed by atoms with Crippen LogP contribution in [0.3, 0.4) is 0 Å². The van der Waals surface area contributed by atoms with Crippen molar-refractivity contribution in [3.63, 3.8) is 0 Å². The Kier molecular flexibility index (Phi) is 4.48. The third-order valence-electron chi connectivity index (χ3n) is 4.57. The molecule has 0 unspecified atom stereocenters. The van der Waals surface area contributed by atoms with E-state index in [0.29, 0.717) is 0 Å². The molecule has 126 valence electrons. The molecule has 4 heteroatoms. The topological polar surface area (TPSA) is 21.7 Å². The molecular weight excluding hydrogens is 297 g/mol. The van der Waals surface area contributed by atoms with Crippen molar-refractivity contribution in [1.29, 1.82) is 0 Å². The fourth-order valence-corrected chi connectivity index (χ4v) is 2.99. The summed E-state index contributed by atoms with van der Waals surface area (Å²) < 4.78 is 12.0. The highest BCUT2D eigenvalue weighted by atomic mass is 16.6. The second kappa shape index (κ2) is 6.42. The zero-order chi connectivity index (χ0) is 17.3. The second-order valence-electron chi connectivity index (χ2n) is 7.24. The Bertz CT molecular complexity index is 703. The van der Waals surface area contributed by atoms with E-state index >= 15 is 0 Å². The fraction of sp³-hybridized carbons (Fsp3) is 0.400. The molecule has 0 radical (unpaired) electrons. The number of nitrogens with zero attached hydrogens (tertiary/aromatic N) is 1. The summed E-state index contributed by atoms with van der Waals surface area (Å²) in [4.78, 5) is 2.32. The van der Waals surface area contributed by atoms with Gasteiger partial charge in [0.2, 0.25) is 0 Å². The van der Waals surface area contributed by atoms with E-state index in [1.54, 1.807) is 0 Å². The quantitative estimate of drug-likeness (QED) is 0.794. The predicted molar refractivity (Wildman–Crippen MR) is 102 cm³/mol. The zero-order valence-corrected chi connectivity index (χ0v) is 15.3. The maximum absolute atomic E-state index is 6.05. The highest BCUT2D eigenvalue weighted by molar-refractivity contribution is 6.63. The van der Waals surface area contributed by atoms with E-state index < -0.39 is 0 Å². The third kappa shape index (κ3) is 3.23. The number of anilines is 1. The molecule has 0 saturated carbocycles. The molecule has 24 heavy (non-hydrogen) atoms. The van der Waals surface area contributed by atoms with Crippen LogP contribution >= 0.6 is 0 Å². The SMILES string of the molecule is CCN(CC)c1ccc(B2Oc3ccc(C(C)(C)C)cc3O2)cc1. The van der Waals surface area contributed by atoms with E-state index in [0.717, 1.165) is 30.1 Å². The summed E-state index contributed by atoms with van der Waals surface area (Å²) in [5.41, 5.74) is 3.62. The van der Waals surface area contributed by atoms with Gasteiger partial charge in [0.25, 0.3) is 0 Å². The molecule has 2 aromatic carbocycles. The van der Waals surface area contributed by atoms with Crippen molar-refractivity contribution in [3.8, 4) is 11.5 Å². The molecule has 1 aliphatic rings. The summed E-state index contributed by atoms with van der Waals surface area (Å²) >= 11 is 0. The first kappa shape index (κ1) is 16.8. The van der Waals surface area contributed by atoms with E-state index in [9.17, 15) is 0 Å². The summed E-state index contributed by atoms with van der Waals surface area (Å²) in [6, 6.07) is 14.7. The molecule has 0 bridgehead atoms. The molecule has 0 atom stereocenters. The molecule has 3 nitrogen and oxygen atoms in total. The monoisotopic (exact) mass is 323 g/mol. The maximum Gasteiger partial charge on any atom is 0.632 e. The molecule has 0 amide bonds. The van der Waals surface area contributed by atoms with Crippen LogP contribution in [0.5, 0.6) is 11.5 Å². The highest BCUT2D eigenvalue weighted by Crippen LogP contribution is 2.37. The van der Waals surface area contributed by atoms with Crippen molar-refractivity contribution in [3.05, 3.63) is 48.0 Å². The Hall–Kier alpha value is -2.10. The van der Waals surface area contributed by atoms with Crippen molar-refractivity contribution in [2.24, 2.45) is 0 Å². The summed E-state index contributed by atoms with van der Waals surface area (Å²) in [5.74, 6) is 1.65. The minimum atomic E-state index is -0.360. The Balaban J connectivity index is 1.78. The Morgan fingerprint density at radius 2 is 1.50 bits per heavy atom. The lowest BCUT2D eigenvalue weighted by Gasteiger charge is -2.21. The molecule has 3 rings (SSSR count). The van der Waals surface area contributed by atoms with Gasteiger partial charge in [-0.2, -0.15) is 0 Å². The summed E-state index contributed by atoms with van der Waals surface area (Å²) in [7, 11) is -0.360. The van der Waals surface area contributed by atoms with Gasteiger partial charge in [0.15, 0.2) is 0 Å². The van der Waals surface area contributed by atoms with Crippen LogP contribution in [0.25, 0.3) is 0 Å². The van der Waals surface area contributed by atoms with Crippen molar-refractivity contribution in [1.82, 2.24) is 0 Å². The van der Waals surface area contributed by atoms with E-state index in [1.807, 2.05) is 6.07 Å². The minimum Gasteiger partial charge on any atom is -0.519 e. The van der Waals surface area contributed by atoms with Gasteiger partial charge >= 0.3 is 7.12 Å². The van der Waals surface area contributed by atoms with Gasteiger partial charge in [-0.25, -0.2) is 0 Å². The van der Waals surface area contributed by atoms with Gasteiger partial charge in [-0.3, -0.25) is 0 Å². The molecule has 1 aliphatic heterocycles. The minimum absolute atomic E-state index is 0.0991. The van der Waals surface area contributed by atoms with Crippen LogP contribution in [0.4, 0.5) is 5.69 Å². The van der Waals surface area contributed by atoms with Gasteiger partial charge in [0, 0.05) is 24.2 Å². The van der Waals surface area contributed by atoms with Crippen LogP contribution in [-0.4, -0.2) is 20.2 Å². The Morgan fingerprint density at radius 1 is 0.875 bits per heavy atom. The molecule has 0 N–H and O–H groups in total. The van der Waals surface area contributed by atoms with Crippen LogP contribution in [0, 0.1) is 0 Å². The largest absolute Gasteiger partial charge is 0.632 e. The van der Waals surface area contributed by atoms with Gasteiger partial charge in [0.05, 0.1) is 0 Å². The second-order valence-corrected chi connectivity index (χ2v) is 7.24. The fourth-order valence-electron chi connectivity index (χ4n) is 2.99. The number of rotatable bonds is 4. The van der Waals surface area contributed by atoms with Gasteiger partial charge in [-0.15, -0.1) is 0 Å². The van der Waals surface area contributed by atoms with E-state index in [1.165, 1.54) is 11.3 Å². The Morgan fingerprint density at radius 3 is 2.08 bits per heavy atom. The summed E-state index contributed by atoms with van der Waals surface area (Å²) in [6.07, 6.45) is 0. The summed E-state index contributed by atoms with van der Waals surface area (Å²) in [6.45, 7) is 13.0. The molecule has 2 aromatic rings. The molecule has 0 saturated heterocycles. The highest BCUT2D eigenvalue weighted by Gasteiger charge is 2.34. The third-order valence-corrected chi connectivity index (χ3v) is 4.57. The van der Waals surface area contributed by atoms with Crippen molar-refractivity contribution in [2.75, 3.05) is 18.0 Å². The van der Waals surface area contributed by atoms with Crippen LogP contribution in [0.15, 0.2) is 42.5 Å². The lowest BCUT2D eigenvalue weighted by Crippen LogP contribution is -2.39. The van der Waals surface area contributed by atoms with Crippen LogP contribution in [0.2, 0.25) is 0 Å². The van der Waals surface area contributed by atoms with Crippen LogP contribution in [-0.2, 0) is 5.41 Å². The number of fused-ring (bicyclic) bond motifs is 1.